The quantitative estimate of drug-likeness (QED) is 0.106. The van der Waals surface area contributed by atoms with E-state index in [0.717, 1.165) is 16.7 Å². The molecule has 0 fully saturated rings. The fourth-order valence-electron chi connectivity index (χ4n) is 4.47. The van der Waals surface area contributed by atoms with Crippen LogP contribution in [0.1, 0.15) is 12.0 Å². The van der Waals surface area contributed by atoms with Crippen LogP contribution in [0.15, 0.2) is 97.1 Å². The number of carbonyl (C=O) groups is 2. The molecule has 13 heteroatoms. The maximum Gasteiger partial charge on any atom is 0.326 e. The Hall–Kier alpha value is -5.39. The van der Waals surface area contributed by atoms with Crippen LogP contribution in [0.5, 0.6) is 5.75 Å². The zero-order valence-electron chi connectivity index (χ0n) is 24.6. The van der Waals surface area contributed by atoms with Gasteiger partial charge in [0.1, 0.15) is 5.75 Å². The van der Waals surface area contributed by atoms with Crippen LogP contribution in [0.4, 0.5) is 34.0 Å². The van der Waals surface area contributed by atoms with Crippen molar-refractivity contribution in [2.45, 2.75) is 13.0 Å². The lowest BCUT2D eigenvalue weighted by Crippen LogP contribution is -2.29. The third-order valence-corrected chi connectivity index (χ3v) is 7.43. The highest BCUT2D eigenvalue weighted by molar-refractivity contribution is 6.42. The van der Waals surface area contributed by atoms with Gasteiger partial charge in [0.25, 0.3) is 0 Å². The number of carbonyl (C=O) groups excluding carboxylic acids is 1. The number of hydrogen-bond acceptors (Lipinski definition) is 8. The van der Waals surface area contributed by atoms with Gasteiger partial charge in [0.2, 0.25) is 17.8 Å². The van der Waals surface area contributed by atoms with Gasteiger partial charge in [-0.1, -0.05) is 83.9 Å². The van der Waals surface area contributed by atoms with E-state index in [2.05, 4.69) is 30.9 Å². The van der Waals surface area contributed by atoms with Crippen LogP contribution in [0.25, 0.3) is 11.1 Å². The summed E-state index contributed by atoms with van der Waals surface area (Å²) in [6, 6.07) is 29.1. The van der Waals surface area contributed by atoms with Crippen molar-refractivity contribution < 1.29 is 19.4 Å². The Balaban J connectivity index is 1.46. The fraction of sp³-hybridized carbons (Fsp3) is 0.121. The summed E-state index contributed by atoms with van der Waals surface area (Å²) in [5, 5.41) is 18.7. The van der Waals surface area contributed by atoms with Crippen LogP contribution in [0.3, 0.4) is 0 Å². The van der Waals surface area contributed by atoms with Crippen molar-refractivity contribution in [1.82, 2.24) is 15.0 Å². The molecule has 0 atom stereocenters. The molecule has 46 heavy (non-hydrogen) atoms. The second kappa shape index (κ2) is 15.1. The molecule has 0 aliphatic heterocycles. The summed E-state index contributed by atoms with van der Waals surface area (Å²) in [6.07, 6.45) is -0.201. The third-order valence-electron chi connectivity index (χ3n) is 6.69. The first kappa shape index (κ1) is 32.0. The van der Waals surface area contributed by atoms with Crippen molar-refractivity contribution >= 4 is 64.4 Å². The summed E-state index contributed by atoms with van der Waals surface area (Å²) < 4.78 is 5.32. The van der Waals surface area contributed by atoms with E-state index in [1.165, 1.54) is 7.11 Å². The normalized spacial score (nSPS) is 10.6. The van der Waals surface area contributed by atoms with Gasteiger partial charge >= 0.3 is 12.0 Å². The second-order valence-corrected chi connectivity index (χ2v) is 10.8. The molecule has 5 aromatic rings. The number of carboxylic acids is 1. The number of carboxylic acid groups (broad SMARTS) is 1. The number of aromatic nitrogens is 3. The van der Waals surface area contributed by atoms with Gasteiger partial charge in [0, 0.05) is 18.8 Å². The van der Waals surface area contributed by atoms with Crippen molar-refractivity contribution in [3.8, 4) is 16.9 Å². The van der Waals surface area contributed by atoms with Crippen LogP contribution in [-0.2, 0) is 11.3 Å². The standard InChI is InChI=1S/C33H29Cl2N7O4/c1-46-28-10-6-5-9-27(28)37-33(45)41-31-38-30(36-24-14-12-23(13-15-24)22-7-3-2-4-8-22)39-32(40-31)42(18-17-29(43)44)20-21-11-16-25(34)26(35)19-21/h2-16,19H,17-18,20H2,1H3,(H,43,44)(H3,36,37,38,39,40,41,45). The molecule has 0 aliphatic rings. The highest BCUT2D eigenvalue weighted by Gasteiger charge is 2.18. The Kier molecular flexibility index (Phi) is 10.5. The number of amides is 2. The van der Waals surface area contributed by atoms with Crippen LogP contribution in [0.2, 0.25) is 10.0 Å². The van der Waals surface area contributed by atoms with Gasteiger partial charge in [0.15, 0.2) is 0 Å². The number of aliphatic carboxylic acids is 1. The highest BCUT2D eigenvalue weighted by Crippen LogP contribution is 2.27. The molecular formula is C33H29Cl2N7O4. The van der Waals surface area contributed by atoms with Gasteiger partial charge in [-0.05, 0) is 53.1 Å². The van der Waals surface area contributed by atoms with Crippen LogP contribution in [-0.4, -0.2) is 45.7 Å². The summed E-state index contributed by atoms with van der Waals surface area (Å²) in [6.45, 7) is 0.254. The first-order valence-corrected chi connectivity index (χ1v) is 14.8. The van der Waals surface area contributed by atoms with Gasteiger partial charge < -0.3 is 25.4 Å². The number of halogens is 2. The number of methoxy groups -OCH3 is 1. The lowest BCUT2D eigenvalue weighted by Gasteiger charge is -2.23. The molecule has 0 bridgehead atoms. The summed E-state index contributed by atoms with van der Waals surface area (Å²) in [5.74, 6) is -0.357. The van der Waals surface area contributed by atoms with Gasteiger partial charge in [0.05, 0.1) is 29.3 Å². The van der Waals surface area contributed by atoms with Gasteiger partial charge in [-0.2, -0.15) is 15.0 Å². The largest absolute Gasteiger partial charge is 0.495 e. The number of hydrogen-bond donors (Lipinski definition) is 4. The number of urea groups is 1. The van der Waals surface area contributed by atoms with Crippen molar-refractivity contribution in [3.63, 3.8) is 0 Å². The molecule has 234 valence electrons. The summed E-state index contributed by atoms with van der Waals surface area (Å²) >= 11 is 12.4. The number of nitrogens with one attached hydrogen (secondary N) is 3. The topological polar surface area (TPSA) is 142 Å². The number of nitrogens with zero attached hydrogens (tertiary/aromatic N) is 4. The van der Waals surface area contributed by atoms with E-state index in [1.807, 2.05) is 54.6 Å². The lowest BCUT2D eigenvalue weighted by atomic mass is 10.1. The van der Waals surface area contributed by atoms with Crippen molar-refractivity contribution in [2.75, 3.05) is 34.5 Å². The predicted octanol–water partition coefficient (Wildman–Crippen LogP) is 7.72. The average Bonchev–Trinajstić information content (AvgIpc) is 3.05. The maximum absolute atomic E-state index is 13.0. The average molecular weight is 659 g/mol. The summed E-state index contributed by atoms with van der Waals surface area (Å²) in [7, 11) is 1.50. The SMILES string of the molecule is COc1ccccc1NC(=O)Nc1nc(Nc2ccc(-c3ccccc3)cc2)nc(N(CCC(=O)O)Cc2ccc(Cl)c(Cl)c2)n1. The van der Waals surface area contributed by atoms with E-state index in [1.54, 1.807) is 47.4 Å². The Morgan fingerprint density at radius 1 is 0.804 bits per heavy atom. The molecule has 0 radical (unpaired) electrons. The van der Waals surface area contributed by atoms with Gasteiger partial charge in [-0.3, -0.25) is 10.1 Å². The van der Waals surface area contributed by atoms with E-state index in [9.17, 15) is 14.7 Å². The Morgan fingerprint density at radius 2 is 1.50 bits per heavy atom. The van der Waals surface area contributed by atoms with Crippen molar-refractivity contribution in [1.29, 1.82) is 0 Å². The number of ether oxygens (including phenoxy) is 1. The lowest BCUT2D eigenvalue weighted by molar-refractivity contribution is -0.136. The van der Waals surface area contributed by atoms with Crippen LogP contribution < -0.4 is 25.6 Å². The van der Waals surface area contributed by atoms with E-state index < -0.39 is 12.0 Å². The molecule has 0 saturated carbocycles. The monoisotopic (exact) mass is 657 g/mol. The zero-order chi connectivity index (χ0) is 32.5. The predicted molar refractivity (Wildman–Crippen MR) is 180 cm³/mol. The minimum absolute atomic E-state index is 0.0532. The molecule has 2 amide bonds. The molecular weight excluding hydrogens is 629 g/mol. The molecule has 1 heterocycles. The molecule has 4 N–H and O–H groups in total. The molecule has 0 spiro atoms. The smallest absolute Gasteiger partial charge is 0.326 e. The third kappa shape index (κ3) is 8.62. The number of benzene rings is 4. The molecule has 0 saturated heterocycles. The Bertz CT molecular complexity index is 1830. The van der Waals surface area contributed by atoms with Crippen molar-refractivity contribution in [3.05, 3.63) is 113 Å². The molecule has 11 nitrogen and oxygen atoms in total. The molecule has 0 unspecified atom stereocenters. The van der Waals surface area contributed by atoms with Gasteiger partial charge in [-0.25, -0.2) is 4.79 Å². The minimum Gasteiger partial charge on any atom is -0.495 e. The molecule has 1 aromatic heterocycles. The molecule has 4 aromatic carbocycles. The summed E-state index contributed by atoms with van der Waals surface area (Å²) in [4.78, 5) is 39.7. The highest BCUT2D eigenvalue weighted by atomic mass is 35.5. The van der Waals surface area contributed by atoms with E-state index in [-0.39, 0.29) is 37.4 Å². The van der Waals surface area contributed by atoms with E-state index >= 15 is 0 Å². The number of para-hydroxylation sites is 2. The minimum atomic E-state index is -1.00. The van der Waals surface area contributed by atoms with Crippen molar-refractivity contribution in [2.24, 2.45) is 0 Å². The second-order valence-electron chi connectivity index (χ2n) is 9.94. The van der Waals surface area contributed by atoms with E-state index in [4.69, 9.17) is 27.9 Å². The first-order chi connectivity index (χ1) is 22.3. The van der Waals surface area contributed by atoms with Crippen LogP contribution in [0, 0.1) is 0 Å². The van der Waals surface area contributed by atoms with Crippen LogP contribution >= 0.6 is 23.2 Å². The Labute approximate surface area is 275 Å². The fourth-order valence-corrected chi connectivity index (χ4v) is 4.79. The first-order valence-electron chi connectivity index (χ1n) is 14.1. The van der Waals surface area contributed by atoms with E-state index in [0.29, 0.717) is 27.2 Å². The summed E-state index contributed by atoms with van der Waals surface area (Å²) in [5.41, 5.74) is 3.97. The zero-order valence-corrected chi connectivity index (χ0v) is 26.1. The number of anilines is 5. The molecule has 5 rings (SSSR count). The molecule has 0 aliphatic carbocycles. The van der Waals surface area contributed by atoms with Gasteiger partial charge in [-0.15, -0.1) is 0 Å². The maximum atomic E-state index is 13.0. The number of rotatable bonds is 12. The Morgan fingerprint density at radius 3 is 2.22 bits per heavy atom.